The SMILES string of the molecule is Nc1nccc2c([C@@H]3CCCN(C(=O)C4CC4)C3)nn(-c3ccc(C(=O)Nc4cc(C(F)(F)F)ccn4)cc3)c12. The van der Waals surface area contributed by atoms with Gasteiger partial charge in [-0.2, -0.15) is 18.3 Å². The average molecular weight is 550 g/mol. The lowest BCUT2D eigenvalue weighted by Crippen LogP contribution is -2.40. The highest BCUT2D eigenvalue weighted by atomic mass is 19.4. The number of carbonyl (C=O) groups excluding carboxylic acids is 2. The second-order valence-corrected chi connectivity index (χ2v) is 10.2. The molecule has 3 aromatic heterocycles. The van der Waals surface area contributed by atoms with Gasteiger partial charge in [-0.3, -0.25) is 9.59 Å². The van der Waals surface area contributed by atoms with E-state index in [0.717, 1.165) is 61.6 Å². The number of anilines is 2. The highest BCUT2D eigenvalue weighted by molar-refractivity contribution is 6.04. The molecule has 1 saturated heterocycles. The minimum atomic E-state index is -4.55. The number of nitrogens with two attached hydrogens (primary N) is 1. The van der Waals surface area contributed by atoms with E-state index in [4.69, 9.17) is 10.8 Å². The van der Waals surface area contributed by atoms with Crippen molar-refractivity contribution in [3.63, 3.8) is 0 Å². The van der Waals surface area contributed by atoms with Crippen LogP contribution < -0.4 is 11.1 Å². The van der Waals surface area contributed by atoms with Gasteiger partial charge in [-0.25, -0.2) is 14.6 Å². The van der Waals surface area contributed by atoms with E-state index in [2.05, 4.69) is 15.3 Å². The Hall–Kier alpha value is -4.48. The molecule has 1 aliphatic carbocycles. The molecule has 2 aliphatic rings. The lowest BCUT2D eigenvalue weighted by molar-refractivity contribution is -0.137. The topological polar surface area (TPSA) is 119 Å². The molecule has 12 heteroatoms. The Balaban J connectivity index is 1.27. The maximum Gasteiger partial charge on any atom is 0.416 e. The number of nitrogens with zero attached hydrogens (tertiary/aromatic N) is 5. The van der Waals surface area contributed by atoms with Crippen LogP contribution in [0.25, 0.3) is 16.6 Å². The number of alkyl halides is 3. The summed E-state index contributed by atoms with van der Waals surface area (Å²) in [6.45, 7) is 1.36. The van der Waals surface area contributed by atoms with Gasteiger partial charge in [0.15, 0.2) is 0 Å². The van der Waals surface area contributed by atoms with Gasteiger partial charge in [-0.05, 0) is 68.1 Å². The van der Waals surface area contributed by atoms with Crippen LogP contribution in [0.5, 0.6) is 0 Å². The van der Waals surface area contributed by atoms with Crippen molar-refractivity contribution in [2.75, 3.05) is 24.1 Å². The summed E-state index contributed by atoms with van der Waals surface area (Å²) >= 11 is 0. The van der Waals surface area contributed by atoms with Gasteiger partial charge in [0.05, 0.1) is 16.9 Å². The summed E-state index contributed by atoms with van der Waals surface area (Å²) in [5.74, 6) is -0.0698. The fourth-order valence-corrected chi connectivity index (χ4v) is 5.21. The number of rotatable bonds is 5. The van der Waals surface area contributed by atoms with Crippen LogP contribution in [-0.4, -0.2) is 49.6 Å². The van der Waals surface area contributed by atoms with E-state index >= 15 is 0 Å². The molecule has 2 amide bonds. The van der Waals surface area contributed by atoms with Gasteiger partial charge in [0, 0.05) is 48.3 Å². The predicted octanol–water partition coefficient (Wildman–Crippen LogP) is 4.78. The summed E-state index contributed by atoms with van der Waals surface area (Å²) in [6, 6.07) is 9.95. The van der Waals surface area contributed by atoms with E-state index < -0.39 is 17.6 Å². The molecular formula is C28H26F3N7O2. The molecule has 0 radical (unpaired) electrons. The van der Waals surface area contributed by atoms with E-state index in [1.807, 2.05) is 11.0 Å². The second-order valence-electron chi connectivity index (χ2n) is 10.2. The van der Waals surface area contributed by atoms with Crippen LogP contribution in [0.4, 0.5) is 24.8 Å². The molecule has 9 nitrogen and oxygen atoms in total. The Morgan fingerprint density at radius 2 is 1.75 bits per heavy atom. The number of likely N-dealkylation sites (tertiary alicyclic amines) is 1. The molecule has 2 fully saturated rings. The summed E-state index contributed by atoms with van der Waals surface area (Å²) < 4.78 is 40.7. The number of benzene rings is 1. The lowest BCUT2D eigenvalue weighted by atomic mass is 9.92. The highest BCUT2D eigenvalue weighted by Crippen LogP contribution is 2.37. The van der Waals surface area contributed by atoms with E-state index in [9.17, 15) is 22.8 Å². The van der Waals surface area contributed by atoms with Gasteiger partial charge in [0.25, 0.3) is 5.91 Å². The molecule has 1 aliphatic heterocycles. The largest absolute Gasteiger partial charge is 0.416 e. The standard InChI is InChI=1S/C28H26F3N7O2/c29-28(30,31)19-9-11-33-22(14-19)35-26(39)16-5-7-20(8-6-16)38-24-21(10-12-34-25(24)32)23(36-38)18-2-1-13-37(15-18)27(40)17-3-4-17/h5-12,14,17-18H,1-4,13,15H2,(H2,32,34)(H,33,35,39)/t18-/m1/s1. The fraction of sp³-hybridized carbons (Fsp3) is 0.321. The first-order chi connectivity index (χ1) is 19.2. The Kier molecular flexibility index (Phi) is 6.40. The van der Waals surface area contributed by atoms with Crippen molar-refractivity contribution in [3.05, 3.63) is 71.7 Å². The maximum absolute atomic E-state index is 13.0. The quantitative estimate of drug-likeness (QED) is 0.370. The summed E-state index contributed by atoms with van der Waals surface area (Å²) in [4.78, 5) is 35.5. The highest BCUT2D eigenvalue weighted by Gasteiger charge is 2.36. The molecule has 0 spiro atoms. The first-order valence-corrected chi connectivity index (χ1v) is 13.1. The van der Waals surface area contributed by atoms with Gasteiger partial charge in [-0.15, -0.1) is 0 Å². The Morgan fingerprint density at radius 1 is 1.00 bits per heavy atom. The number of pyridine rings is 2. The van der Waals surface area contributed by atoms with Gasteiger partial charge in [-0.1, -0.05) is 0 Å². The normalized spacial score (nSPS) is 17.7. The molecule has 6 rings (SSSR count). The zero-order valence-electron chi connectivity index (χ0n) is 21.4. The molecular weight excluding hydrogens is 523 g/mol. The maximum atomic E-state index is 13.0. The molecule has 206 valence electrons. The van der Waals surface area contributed by atoms with Gasteiger partial charge >= 0.3 is 6.18 Å². The van der Waals surface area contributed by atoms with Crippen LogP contribution in [0, 0.1) is 5.92 Å². The molecule has 0 unspecified atom stereocenters. The molecule has 4 heterocycles. The number of hydrogen-bond acceptors (Lipinski definition) is 6. The zero-order chi connectivity index (χ0) is 28.0. The average Bonchev–Trinajstić information content (AvgIpc) is 3.72. The summed E-state index contributed by atoms with van der Waals surface area (Å²) in [5, 5.41) is 8.18. The predicted molar refractivity (Wildman–Crippen MR) is 142 cm³/mol. The Bertz CT molecular complexity index is 1600. The summed E-state index contributed by atoms with van der Waals surface area (Å²) in [5.41, 5.74) is 7.71. The number of piperidine rings is 1. The third-order valence-electron chi connectivity index (χ3n) is 7.40. The monoisotopic (exact) mass is 549 g/mol. The molecule has 40 heavy (non-hydrogen) atoms. The lowest BCUT2D eigenvalue weighted by Gasteiger charge is -2.32. The van der Waals surface area contributed by atoms with E-state index in [1.54, 1.807) is 35.1 Å². The third kappa shape index (κ3) is 4.96. The van der Waals surface area contributed by atoms with Crippen molar-refractivity contribution in [2.45, 2.75) is 37.8 Å². The smallest absolute Gasteiger partial charge is 0.382 e. The summed E-state index contributed by atoms with van der Waals surface area (Å²) in [6.07, 6.45) is 1.80. The Morgan fingerprint density at radius 3 is 2.48 bits per heavy atom. The van der Waals surface area contributed by atoms with Crippen LogP contribution in [-0.2, 0) is 11.0 Å². The number of fused-ring (bicyclic) bond motifs is 1. The molecule has 0 bridgehead atoms. The molecule has 1 saturated carbocycles. The molecule has 1 atom stereocenters. The van der Waals surface area contributed by atoms with Crippen molar-refractivity contribution >= 4 is 34.4 Å². The van der Waals surface area contributed by atoms with Crippen LogP contribution in [0.1, 0.15) is 53.2 Å². The molecule has 1 aromatic carbocycles. The fourth-order valence-electron chi connectivity index (χ4n) is 5.21. The van der Waals surface area contributed by atoms with E-state index in [1.165, 1.54) is 0 Å². The zero-order valence-corrected chi connectivity index (χ0v) is 21.4. The summed E-state index contributed by atoms with van der Waals surface area (Å²) in [7, 11) is 0. The first kappa shape index (κ1) is 25.8. The number of nitrogen functional groups attached to an aromatic ring is 1. The van der Waals surface area contributed by atoms with Crippen LogP contribution >= 0.6 is 0 Å². The van der Waals surface area contributed by atoms with Crippen molar-refractivity contribution in [1.29, 1.82) is 0 Å². The van der Waals surface area contributed by atoms with Crippen LogP contribution in [0.3, 0.4) is 0 Å². The van der Waals surface area contributed by atoms with Crippen molar-refractivity contribution in [3.8, 4) is 5.69 Å². The first-order valence-electron chi connectivity index (χ1n) is 13.1. The number of hydrogen-bond donors (Lipinski definition) is 2. The number of carbonyl (C=O) groups is 2. The van der Waals surface area contributed by atoms with Gasteiger partial charge in [0.2, 0.25) is 5.91 Å². The minimum absolute atomic E-state index is 0.0482. The van der Waals surface area contributed by atoms with Gasteiger partial charge in [0.1, 0.15) is 17.2 Å². The van der Waals surface area contributed by atoms with Gasteiger partial charge < -0.3 is 16.0 Å². The van der Waals surface area contributed by atoms with Crippen molar-refractivity contribution in [2.24, 2.45) is 5.92 Å². The van der Waals surface area contributed by atoms with Crippen LogP contribution in [0.2, 0.25) is 0 Å². The van der Waals surface area contributed by atoms with E-state index in [0.29, 0.717) is 23.6 Å². The second kappa shape index (κ2) is 9.92. The van der Waals surface area contributed by atoms with Crippen LogP contribution in [0.15, 0.2) is 54.9 Å². The van der Waals surface area contributed by atoms with E-state index in [-0.39, 0.29) is 29.1 Å². The Labute approximate surface area is 227 Å². The number of amides is 2. The minimum Gasteiger partial charge on any atom is -0.382 e. The number of halogens is 3. The molecule has 3 N–H and O–H groups in total. The van der Waals surface area contributed by atoms with Crippen molar-refractivity contribution < 1.29 is 22.8 Å². The number of aromatic nitrogens is 4. The molecule has 4 aromatic rings. The number of nitrogens with one attached hydrogen (secondary N) is 1. The third-order valence-corrected chi connectivity index (χ3v) is 7.40. The van der Waals surface area contributed by atoms with Crippen molar-refractivity contribution in [1.82, 2.24) is 24.6 Å².